The fourth-order valence-electron chi connectivity index (χ4n) is 4.09. The minimum absolute atomic E-state index is 0.0685. The predicted octanol–water partition coefficient (Wildman–Crippen LogP) is 4.00. The Labute approximate surface area is 164 Å². The number of aromatic amines is 1. The summed E-state index contributed by atoms with van der Waals surface area (Å²) in [5.74, 6) is 2.21. The Morgan fingerprint density at radius 3 is 2.54 bits per heavy atom. The number of fused-ring (bicyclic) bond motifs is 1. The van der Waals surface area contributed by atoms with Crippen molar-refractivity contribution in [2.45, 2.75) is 19.3 Å². The van der Waals surface area contributed by atoms with Crippen LogP contribution >= 0.6 is 0 Å². The lowest BCUT2D eigenvalue weighted by Gasteiger charge is -2.34. The van der Waals surface area contributed by atoms with Gasteiger partial charge in [-0.05, 0) is 61.1 Å². The van der Waals surface area contributed by atoms with Gasteiger partial charge in [-0.3, -0.25) is 4.79 Å². The summed E-state index contributed by atoms with van der Waals surface area (Å²) in [6.07, 6.45) is 5.02. The van der Waals surface area contributed by atoms with Crippen LogP contribution in [0, 0.1) is 5.92 Å². The summed E-state index contributed by atoms with van der Waals surface area (Å²) >= 11 is 0. The Morgan fingerprint density at radius 2 is 1.79 bits per heavy atom. The normalized spacial score (nSPS) is 15.0. The van der Waals surface area contributed by atoms with Crippen LogP contribution in [-0.2, 0) is 6.42 Å². The fourth-order valence-corrected chi connectivity index (χ4v) is 4.09. The Balaban J connectivity index is 1.42. The molecule has 5 nitrogen and oxygen atoms in total. The minimum atomic E-state index is 0.0685. The maximum absolute atomic E-state index is 12.1. The van der Waals surface area contributed by atoms with Gasteiger partial charge in [-0.15, -0.1) is 0 Å². The molecule has 28 heavy (non-hydrogen) atoms. The molecule has 0 aliphatic carbocycles. The maximum atomic E-state index is 12.1. The van der Waals surface area contributed by atoms with Crippen LogP contribution in [0.1, 0.15) is 18.4 Å². The smallest absolute Gasteiger partial charge is 0.189 e. The zero-order valence-electron chi connectivity index (χ0n) is 16.4. The Hall–Kier alpha value is -2.95. The quantitative estimate of drug-likeness (QED) is 0.729. The molecule has 5 heteroatoms. The number of nitrogens with one attached hydrogen (secondary N) is 1. The van der Waals surface area contributed by atoms with E-state index < -0.39 is 0 Å². The van der Waals surface area contributed by atoms with Crippen LogP contribution in [0.5, 0.6) is 11.5 Å². The summed E-state index contributed by atoms with van der Waals surface area (Å²) in [4.78, 5) is 17.6. The van der Waals surface area contributed by atoms with E-state index in [-0.39, 0.29) is 5.43 Å². The van der Waals surface area contributed by atoms with Crippen molar-refractivity contribution in [2.75, 3.05) is 32.2 Å². The van der Waals surface area contributed by atoms with E-state index in [0.29, 0.717) is 5.92 Å². The van der Waals surface area contributed by atoms with Gasteiger partial charge in [0.15, 0.2) is 16.9 Å². The third-order valence-electron chi connectivity index (χ3n) is 5.69. The molecular formula is C23H26N2O3. The molecule has 0 spiro atoms. The van der Waals surface area contributed by atoms with Crippen molar-refractivity contribution in [2.24, 2.45) is 5.92 Å². The fraction of sp³-hybridized carbons (Fsp3) is 0.348. The van der Waals surface area contributed by atoms with Crippen LogP contribution < -0.4 is 19.8 Å². The molecule has 1 N–H and O–H groups in total. The molecule has 0 amide bonds. The first-order valence-electron chi connectivity index (χ1n) is 9.75. The molecule has 2 heterocycles. The molecule has 146 valence electrons. The third kappa shape index (κ3) is 3.70. The van der Waals surface area contributed by atoms with E-state index in [0.717, 1.165) is 60.4 Å². The van der Waals surface area contributed by atoms with E-state index in [9.17, 15) is 4.79 Å². The average molecular weight is 378 g/mol. The number of benzene rings is 2. The Bertz CT molecular complexity index is 1020. The van der Waals surface area contributed by atoms with Crippen molar-refractivity contribution in [3.63, 3.8) is 0 Å². The van der Waals surface area contributed by atoms with Crippen LogP contribution in [0.3, 0.4) is 0 Å². The lowest BCUT2D eigenvalue weighted by molar-refractivity contribution is 0.353. The molecule has 1 aliphatic rings. The first-order valence-corrected chi connectivity index (χ1v) is 9.75. The van der Waals surface area contributed by atoms with Gasteiger partial charge in [-0.2, -0.15) is 0 Å². The zero-order chi connectivity index (χ0) is 19.5. The lowest BCUT2D eigenvalue weighted by Crippen LogP contribution is -2.34. The van der Waals surface area contributed by atoms with E-state index in [4.69, 9.17) is 9.47 Å². The third-order valence-corrected chi connectivity index (χ3v) is 5.69. The number of nitrogens with zero attached hydrogens (tertiary/aromatic N) is 1. The molecule has 1 fully saturated rings. The van der Waals surface area contributed by atoms with Crippen LogP contribution in [-0.4, -0.2) is 32.3 Å². The van der Waals surface area contributed by atoms with Crippen molar-refractivity contribution in [1.29, 1.82) is 0 Å². The largest absolute Gasteiger partial charge is 0.493 e. The summed E-state index contributed by atoms with van der Waals surface area (Å²) in [7, 11) is 3.34. The number of pyridine rings is 1. The molecule has 0 saturated carbocycles. The van der Waals surface area contributed by atoms with Crippen LogP contribution in [0.4, 0.5) is 5.69 Å². The highest BCUT2D eigenvalue weighted by molar-refractivity contribution is 5.82. The van der Waals surface area contributed by atoms with Gasteiger partial charge in [0.25, 0.3) is 0 Å². The summed E-state index contributed by atoms with van der Waals surface area (Å²) in [5.41, 5.74) is 3.38. The van der Waals surface area contributed by atoms with E-state index >= 15 is 0 Å². The molecule has 1 saturated heterocycles. The van der Waals surface area contributed by atoms with Gasteiger partial charge in [0.2, 0.25) is 0 Å². The maximum Gasteiger partial charge on any atom is 0.189 e. The Morgan fingerprint density at radius 1 is 1.00 bits per heavy atom. The van der Waals surface area contributed by atoms with Gasteiger partial charge < -0.3 is 19.4 Å². The van der Waals surface area contributed by atoms with Crippen molar-refractivity contribution in [3.8, 4) is 11.5 Å². The van der Waals surface area contributed by atoms with E-state index in [1.165, 1.54) is 5.56 Å². The number of hydrogen-bond donors (Lipinski definition) is 1. The highest BCUT2D eigenvalue weighted by Gasteiger charge is 2.20. The number of ether oxygens (including phenoxy) is 2. The predicted molar refractivity (Wildman–Crippen MR) is 113 cm³/mol. The monoisotopic (exact) mass is 378 g/mol. The van der Waals surface area contributed by atoms with Crippen molar-refractivity contribution >= 4 is 16.6 Å². The topological polar surface area (TPSA) is 54.6 Å². The Kier molecular flexibility index (Phi) is 5.24. The molecule has 4 rings (SSSR count). The first kappa shape index (κ1) is 18.4. The van der Waals surface area contributed by atoms with Gasteiger partial charge in [-0.1, -0.05) is 6.07 Å². The molecule has 1 aliphatic heterocycles. The average Bonchev–Trinajstić information content (AvgIpc) is 2.74. The standard InChI is InChI=1S/C23H26N2O3/c1-27-22-6-3-17(14-23(22)28-2)13-16-8-11-25(12-9-16)18-4-5-20-19(15-18)21(26)7-10-24-20/h3-7,10,14-16H,8-9,11-13H2,1-2H3,(H,24,26). The molecule has 1 aromatic heterocycles. The molecule has 0 unspecified atom stereocenters. The zero-order valence-corrected chi connectivity index (χ0v) is 16.4. The van der Waals surface area contributed by atoms with Crippen LogP contribution in [0.2, 0.25) is 0 Å². The molecular weight excluding hydrogens is 352 g/mol. The second-order valence-corrected chi connectivity index (χ2v) is 7.40. The number of piperidine rings is 1. The van der Waals surface area contributed by atoms with Crippen LogP contribution in [0.25, 0.3) is 10.9 Å². The number of H-pyrrole nitrogens is 1. The summed E-state index contributed by atoms with van der Waals surface area (Å²) < 4.78 is 10.8. The van der Waals surface area contributed by atoms with Gasteiger partial charge >= 0.3 is 0 Å². The van der Waals surface area contributed by atoms with Gasteiger partial charge in [-0.25, -0.2) is 0 Å². The highest BCUT2D eigenvalue weighted by atomic mass is 16.5. The molecule has 2 aromatic carbocycles. The second kappa shape index (κ2) is 7.97. The summed E-state index contributed by atoms with van der Waals surface area (Å²) in [6.45, 7) is 2.02. The van der Waals surface area contributed by atoms with E-state index in [2.05, 4.69) is 28.1 Å². The van der Waals surface area contributed by atoms with Gasteiger partial charge in [0.05, 0.1) is 14.2 Å². The molecule has 3 aromatic rings. The number of anilines is 1. The first-order chi connectivity index (χ1) is 13.7. The number of rotatable bonds is 5. The second-order valence-electron chi connectivity index (χ2n) is 7.40. The lowest BCUT2D eigenvalue weighted by atomic mass is 9.90. The van der Waals surface area contributed by atoms with Crippen molar-refractivity contribution in [3.05, 3.63) is 64.4 Å². The van der Waals surface area contributed by atoms with Gasteiger partial charge in [0.1, 0.15) is 0 Å². The molecule has 0 atom stereocenters. The minimum Gasteiger partial charge on any atom is -0.493 e. The van der Waals surface area contributed by atoms with Crippen molar-refractivity contribution < 1.29 is 9.47 Å². The molecule has 0 bridgehead atoms. The molecule has 0 radical (unpaired) electrons. The van der Waals surface area contributed by atoms with E-state index in [1.54, 1.807) is 26.5 Å². The van der Waals surface area contributed by atoms with Crippen molar-refractivity contribution in [1.82, 2.24) is 4.98 Å². The highest BCUT2D eigenvalue weighted by Crippen LogP contribution is 2.31. The number of aromatic nitrogens is 1. The van der Waals surface area contributed by atoms with Crippen LogP contribution in [0.15, 0.2) is 53.5 Å². The number of methoxy groups -OCH3 is 2. The summed E-state index contributed by atoms with van der Waals surface area (Å²) in [6, 6.07) is 13.9. The van der Waals surface area contributed by atoms with Gasteiger partial charge in [0, 0.05) is 41.9 Å². The SMILES string of the molecule is COc1ccc(CC2CCN(c3ccc4[nH]ccc(=O)c4c3)CC2)cc1OC. The van der Waals surface area contributed by atoms with E-state index in [1.807, 2.05) is 18.2 Å². The number of hydrogen-bond acceptors (Lipinski definition) is 4. The summed E-state index contributed by atoms with van der Waals surface area (Å²) in [5, 5.41) is 0.757.